The predicted octanol–water partition coefficient (Wildman–Crippen LogP) is 3.08. The average molecular weight is 302 g/mol. The van der Waals surface area contributed by atoms with Crippen molar-refractivity contribution in [2.45, 2.75) is 52.5 Å². The van der Waals surface area contributed by atoms with Gasteiger partial charge in [-0.15, -0.1) is 0 Å². The van der Waals surface area contributed by atoms with Gasteiger partial charge in [-0.3, -0.25) is 9.59 Å². The lowest BCUT2D eigenvalue weighted by Crippen LogP contribution is -2.38. The Morgan fingerprint density at radius 1 is 1.27 bits per heavy atom. The van der Waals surface area contributed by atoms with Crippen LogP contribution in [0.25, 0.3) is 0 Å². The van der Waals surface area contributed by atoms with Crippen molar-refractivity contribution in [1.29, 1.82) is 0 Å². The highest BCUT2D eigenvalue weighted by Crippen LogP contribution is 2.27. The molecule has 1 heterocycles. The molecule has 0 aliphatic carbocycles. The van der Waals surface area contributed by atoms with Crippen molar-refractivity contribution >= 4 is 17.5 Å². The van der Waals surface area contributed by atoms with Crippen molar-refractivity contribution in [3.63, 3.8) is 0 Å². The maximum absolute atomic E-state index is 12.2. The van der Waals surface area contributed by atoms with E-state index in [0.717, 1.165) is 12.1 Å². The van der Waals surface area contributed by atoms with Crippen LogP contribution in [0.1, 0.15) is 52.0 Å². The summed E-state index contributed by atoms with van der Waals surface area (Å²) in [4.78, 5) is 26.1. The molecule has 22 heavy (non-hydrogen) atoms. The number of amides is 2. The number of benzene rings is 1. The van der Waals surface area contributed by atoms with E-state index >= 15 is 0 Å². The van der Waals surface area contributed by atoms with E-state index in [-0.39, 0.29) is 23.8 Å². The fourth-order valence-corrected chi connectivity index (χ4v) is 2.63. The summed E-state index contributed by atoms with van der Waals surface area (Å²) in [6.07, 6.45) is 1.20. The fourth-order valence-electron chi connectivity index (χ4n) is 2.63. The fraction of sp³-hybridized carbons (Fsp3) is 0.556. The lowest BCUT2D eigenvalue weighted by molar-refractivity contribution is -0.126. The Labute approximate surface area is 132 Å². The maximum atomic E-state index is 12.2. The molecular formula is C18H26N2O2. The van der Waals surface area contributed by atoms with E-state index in [1.165, 1.54) is 5.56 Å². The molecule has 4 nitrogen and oxygen atoms in total. The molecule has 2 rings (SSSR count). The van der Waals surface area contributed by atoms with Crippen LogP contribution in [-0.4, -0.2) is 24.4 Å². The zero-order valence-electron chi connectivity index (χ0n) is 13.9. The molecule has 0 spiro atoms. The molecule has 120 valence electrons. The number of carbonyl (C=O) groups excluding carboxylic acids is 2. The lowest BCUT2D eigenvalue weighted by atomic mass is 10.0. The number of carbonyl (C=O) groups is 2. The van der Waals surface area contributed by atoms with Crippen molar-refractivity contribution in [2.24, 2.45) is 5.92 Å². The number of hydrogen-bond acceptors (Lipinski definition) is 2. The Balaban J connectivity index is 2.04. The monoisotopic (exact) mass is 302 g/mol. The van der Waals surface area contributed by atoms with E-state index in [2.05, 4.69) is 31.3 Å². The third-order valence-corrected chi connectivity index (χ3v) is 4.37. The van der Waals surface area contributed by atoms with Gasteiger partial charge in [0.1, 0.15) is 0 Å². The zero-order chi connectivity index (χ0) is 16.3. The smallest absolute Gasteiger partial charge is 0.227 e. The highest BCUT2D eigenvalue weighted by molar-refractivity contribution is 6.00. The summed E-state index contributed by atoms with van der Waals surface area (Å²) in [5.74, 6) is 0.245. The third-order valence-electron chi connectivity index (χ3n) is 4.37. The molecule has 0 bridgehead atoms. The summed E-state index contributed by atoms with van der Waals surface area (Å²) in [5, 5.41) is 2.97. The minimum absolute atomic E-state index is 0.0102. The minimum atomic E-state index is -0.244. The molecule has 4 heteroatoms. The molecule has 1 aromatic carbocycles. The van der Waals surface area contributed by atoms with Crippen molar-refractivity contribution in [1.82, 2.24) is 5.32 Å². The van der Waals surface area contributed by atoms with Gasteiger partial charge in [0.05, 0.1) is 5.92 Å². The molecule has 1 fully saturated rings. The van der Waals surface area contributed by atoms with Crippen LogP contribution in [-0.2, 0) is 9.59 Å². The highest BCUT2D eigenvalue weighted by Gasteiger charge is 2.35. The largest absolute Gasteiger partial charge is 0.353 e. The van der Waals surface area contributed by atoms with Gasteiger partial charge in [0, 0.05) is 24.7 Å². The molecule has 1 aliphatic heterocycles. The lowest BCUT2D eigenvalue weighted by Gasteiger charge is -2.18. The summed E-state index contributed by atoms with van der Waals surface area (Å²) in [5.41, 5.74) is 2.13. The van der Waals surface area contributed by atoms with E-state index in [0.29, 0.717) is 18.9 Å². The first kappa shape index (κ1) is 16.5. The van der Waals surface area contributed by atoms with Gasteiger partial charge in [0.2, 0.25) is 11.8 Å². The van der Waals surface area contributed by atoms with Crippen molar-refractivity contribution < 1.29 is 9.59 Å². The summed E-state index contributed by atoms with van der Waals surface area (Å²) in [6.45, 7) is 8.78. The summed E-state index contributed by atoms with van der Waals surface area (Å²) in [6, 6.07) is 8.21. The van der Waals surface area contributed by atoms with Crippen LogP contribution in [0, 0.1) is 5.92 Å². The van der Waals surface area contributed by atoms with Crippen molar-refractivity contribution in [2.75, 3.05) is 11.4 Å². The number of hydrogen-bond donors (Lipinski definition) is 1. The van der Waals surface area contributed by atoms with E-state index in [9.17, 15) is 9.59 Å². The Morgan fingerprint density at radius 3 is 2.45 bits per heavy atom. The van der Waals surface area contributed by atoms with E-state index in [4.69, 9.17) is 0 Å². The number of nitrogens with one attached hydrogen (secondary N) is 1. The summed E-state index contributed by atoms with van der Waals surface area (Å²) < 4.78 is 0. The zero-order valence-corrected chi connectivity index (χ0v) is 13.9. The van der Waals surface area contributed by atoms with Crippen molar-refractivity contribution in [3.8, 4) is 0 Å². The Bertz CT molecular complexity index is 537. The van der Waals surface area contributed by atoms with E-state index in [1.807, 2.05) is 26.0 Å². The first-order valence-electron chi connectivity index (χ1n) is 8.13. The van der Waals surface area contributed by atoms with Crippen LogP contribution < -0.4 is 10.2 Å². The molecule has 0 radical (unpaired) electrons. The second kappa shape index (κ2) is 6.95. The first-order valence-corrected chi connectivity index (χ1v) is 8.13. The average Bonchev–Trinajstić information content (AvgIpc) is 2.89. The molecule has 1 aliphatic rings. The molecule has 0 saturated carbocycles. The molecule has 1 aromatic rings. The molecule has 1 saturated heterocycles. The first-order chi connectivity index (χ1) is 10.4. The number of nitrogens with zero attached hydrogens (tertiary/aromatic N) is 1. The Kier molecular flexibility index (Phi) is 5.22. The normalized spacial score (nSPS) is 19.6. The quantitative estimate of drug-likeness (QED) is 0.908. The van der Waals surface area contributed by atoms with Gasteiger partial charge in [-0.2, -0.15) is 0 Å². The third kappa shape index (κ3) is 3.67. The van der Waals surface area contributed by atoms with Gasteiger partial charge in [-0.1, -0.05) is 32.9 Å². The van der Waals surface area contributed by atoms with Gasteiger partial charge in [-0.05, 0) is 37.0 Å². The standard InChI is InChI=1S/C18H26N2O2/c1-5-13(4)19-18(22)15-10-17(21)20(11-15)16-8-6-14(7-9-16)12(2)3/h6-9,12-13,15H,5,10-11H2,1-4H3,(H,19,22). The van der Waals surface area contributed by atoms with Crippen LogP contribution in [0.5, 0.6) is 0 Å². The maximum Gasteiger partial charge on any atom is 0.227 e. The minimum Gasteiger partial charge on any atom is -0.353 e. The number of anilines is 1. The van der Waals surface area contributed by atoms with E-state index < -0.39 is 0 Å². The van der Waals surface area contributed by atoms with Gasteiger partial charge < -0.3 is 10.2 Å². The molecular weight excluding hydrogens is 276 g/mol. The SMILES string of the molecule is CCC(C)NC(=O)C1CC(=O)N(c2ccc(C(C)C)cc2)C1. The highest BCUT2D eigenvalue weighted by atomic mass is 16.2. The summed E-state index contributed by atoms with van der Waals surface area (Å²) >= 11 is 0. The molecule has 1 N–H and O–H groups in total. The second-order valence-electron chi connectivity index (χ2n) is 6.47. The van der Waals surface area contributed by atoms with Crippen LogP contribution in [0.15, 0.2) is 24.3 Å². The molecule has 2 atom stereocenters. The van der Waals surface area contributed by atoms with E-state index in [1.54, 1.807) is 4.90 Å². The van der Waals surface area contributed by atoms with Crippen LogP contribution >= 0.6 is 0 Å². The molecule has 2 unspecified atom stereocenters. The van der Waals surface area contributed by atoms with Crippen LogP contribution in [0.3, 0.4) is 0 Å². The Hall–Kier alpha value is -1.84. The Morgan fingerprint density at radius 2 is 1.91 bits per heavy atom. The van der Waals surface area contributed by atoms with Gasteiger partial charge >= 0.3 is 0 Å². The van der Waals surface area contributed by atoms with Gasteiger partial charge in [0.15, 0.2) is 0 Å². The van der Waals surface area contributed by atoms with Gasteiger partial charge in [0.25, 0.3) is 0 Å². The topological polar surface area (TPSA) is 49.4 Å². The van der Waals surface area contributed by atoms with Crippen molar-refractivity contribution in [3.05, 3.63) is 29.8 Å². The molecule has 0 aromatic heterocycles. The predicted molar refractivity (Wildman–Crippen MR) is 88.9 cm³/mol. The number of rotatable bonds is 5. The second-order valence-corrected chi connectivity index (χ2v) is 6.47. The van der Waals surface area contributed by atoms with Crippen LogP contribution in [0.2, 0.25) is 0 Å². The van der Waals surface area contributed by atoms with Crippen LogP contribution in [0.4, 0.5) is 5.69 Å². The molecule has 2 amide bonds. The summed E-state index contributed by atoms with van der Waals surface area (Å²) in [7, 11) is 0. The van der Waals surface area contributed by atoms with Gasteiger partial charge in [-0.25, -0.2) is 0 Å².